The summed E-state index contributed by atoms with van der Waals surface area (Å²) in [5.41, 5.74) is 1.19. The van der Waals surface area contributed by atoms with Gasteiger partial charge in [-0.3, -0.25) is 4.98 Å². The smallest absolute Gasteiger partial charge is 0.176 e. The normalized spacial score (nSPS) is 9.60. The first-order valence-electron chi connectivity index (χ1n) is 4.27. The molecule has 2 aromatic rings. The van der Waals surface area contributed by atoms with Crippen LogP contribution >= 0.6 is 0 Å². The van der Waals surface area contributed by atoms with Gasteiger partial charge in [0.15, 0.2) is 11.5 Å². The number of nitrogens with zero attached hydrogens (tertiary/aromatic N) is 3. The first-order valence-corrected chi connectivity index (χ1v) is 4.27. The monoisotopic (exact) mass is 199 g/mol. The van der Waals surface area contributed by atoms with Crippen molar-refractivity contribution >= 4 is 0 Å². The molecule has 0 N–H and O–H groups in total. The molecule has 0 aliphatic rings. The molecule has 0 fully saturated rings. The average molecular weight is 199 g/mol. The number of pyridine rings is 2. The highest BCUT2D eigenvalue weighted by Gasteiger charge is 2.05. The van der Waals surface area contributed by atoms with Crippen molar-refractivity contribution in [3.05, 3.63) is 48.3 Å². The lowest BCUT2D eigenvalue weighted by Gasteiger charge is -2.00. The minimum atomic E-state index is -0.612. The van der Waals surface area contributed by atoms with E-state index in [0.29, 0.717) is 5.56 Å². The van der Waals surface area contributed by atoms with E-state index in [9.17, 15) is 4.39 Å². The number of rotatable bonds is 1. The summed E-state index contributed by atoms with van der Waals surface area (Å²) in [5.74, 6) is -0.612. The number of halogens is 1. The van der Waals surface area contributed by atoms with Crippen LogP contribution in [0.5, 0.6) is 0 Å². The molecule has 0 saturated heterocycles. The molecule has 3 nitrogen and oxygen atoms in total. The summed E-state index contributed by atoms with van der Waals surface area (Å²) in [6, 6.07) is 6.51. The van der Waals surface area contributed by atoms with Crippen LogP contribution < -0.4 is 0 Å². The van der Waals surface area contributed by atoms with Crippen LogP contribution in [0.3, 0.4) is 0 Å². The SMILES string of the molecule is N#Cc1ncc(-c2cccnc2)cc1F. The number of nitriles is 1. The Balaban J connectivity index is 2.49. The largest absolute Gasteiger partial charge is 0.264 e. The van der Waals surface area contributed by atoms with E-state index in [1.807, 2.05) is 0 Å². The standard InChI is InChI=1S/C11H6FN3/c12-10-4-9(7-15-11(10)5-13)8-2-1-3-14-6-8/h1-4,6-7H. The molecule has 0 aliphatic heterocycles. The van der Waals surface area contributed by atoms with Gasteiger partial charge in [0.25, 0.3) is 0 Å². The maximum Gasteiger partial charge on any atom is 0.176 e. The Morgan fingerprint density at radius 2 is 2.13 bits per heavy atom. The van der Waals surface area contributed by atoms with Crippen LogP contribution in [0.1, 0.15) is 5.69 Å². The van der Waals surface area contributed by atoms with Crippen LogP contribution in [0.15, 0.2) is 36.8 Å². The van der Waals surface area contributed by atoms with Crippen molar-refractivity contribution in [1.82, 2.24) is 9.97 Å². The zero-order valence-corrected chi connectivity index (χ0v) is 7.68. The number of aromatic nitrogens is 2. The summed E-state index contributed by atoms with van der Waals surface area (Å²) >= 11 is 0. The van der Waals surface area contributed by atoms with Crippen LogP contribution in [-0.2, 0) is 0 Å². The van der Waals surface area contributed by atoms with Crippen LogP contribution in [0.25, 0.3) is 11.1 Å². The Hall–Kier alpha value is -2.28. The molecule has 72 valence electrons. The molecule has 0 bridgehead atoms. The maximum atomic E-state index is 13.2. The van der Waals surface area contributed by atoms with Gasteiger partial charge in [0.05, 0.1) is 0 Å². The van der Waals surface area contributed by atoms with Crippen LogP contribution in [-0.4, -0.2) is 9.97 Å². The van der Waals surface area contributed by atoms with Gasteiger partial charge >= 0.3 is 0 Å². The highest BCUT2D eigenvalue weighted by atomic mass is 19.1. The van der Waals surface area contributed by atoms with Crippen molar-refractivity contribution in [3.8, 4) is 17.2 Å². The molecule has 2 heterocycles. The van der Waals surface area contributed by atoms with E-state index < -0.39 is 5.82 Å². The first kappa shape index (κ1) is 9.28. The Morgan fingerprint density at radius 3 is 2.73 bits per heavy atom. The predicted molar refractivity (Wildman–Crippen MR) is 52.1 cm³/mol. The van der Waals surface area contributed by atoms with Crippen LogP contribution in [0, 0.1) is 17.1 Å². The second-order valence-electron chi connectivity index (χ2n) is 2.91. The highest BCUT2D eigenvalue weighted by Crippen LogP contribution is 2.18. The van der Waals surface area contributed by atoms with Crippen molar-refractivity contribution in [2.45, 2.75) is 0 Å². The minimum Gasteiger partial charge on any atom is -0.264 e. The topological polar surface area (TPSA) is 49.6 Å². The van der Waals surface area contributed by atoms with Crippen molar-refractivity contribution in [3.63, 3.8) is 0 Å². The summed E-state index contributed by atoms with van der Waals surface area (Å²) in [5, 5.41) is 8.52. The zero-order valence-electron chi connectivity index (χ0n) is 7.68. The number of hydrogen-bond donors (Lipinski definition) is 0. The molecule has 0 atom stereocenters. The fourth-order valence-corrected chi connectivity index (χ4v) is 1.21. The third-order valence-electron chi connectivity index (χ3n) is 1.94. The van der Waals surface area contributed by atoms with Gasteiger partial charge in [-0.2, -0.15) is 5.26 Å². The Labute approximate surface area is 85.9 Å². The van der Waals surface area contributed by atoms with Gasteiger partial charge in [0, 0.05) is 29.7 Å². The second kappa shape index (κ2) is 3.84. The lowest BCUT2D eigenvalue weighted by molar-refractivity contribution is 0.617. The van der Waals surface area contributed by atoms with E-state index in [2.05, 4.69) is 9.97 Å². The van der Waals surface area contributed by atoms with Gasteiger partial charge in [0.1, 0.15) is 6.07 Å². The molecule has 0 unspecified atom stereocenters. The maximum absolute atomic E-state index is 13.2. The fourth-order valence-electron chi connectivity index (χ4n) is 1.21. The van der Waals surface area contributed by atoms with E-state index in [0.717, 1.165) is 5.56 Å². The van der Waals surface area contributed by atoms with E-state index >= 15 is 0 Å². The molecule has 0 saturated carbocycles. The van der Waals surface area contributed by atoms with Gasteiger partial charge in [-0.1, -0.05) is 6.07 Å². The number of hydrogen-bond acceptors (Lipinski definition) is 3. The molecule has 2 rings (SSSR count). The molecule has 0 aromatic carbocycles. The van der Waals surface area contributed by atoms with Crippen molar-refractivity contribution in [1.29, 1.82) is 5.26 Å². The quantitative estimate of drug-likeness (QED) is 0.707. The summed E-state index contributed by atoms with van der Waals surface area (Å²) in [7, 11) is 0. The molecule has 0 aliphatic carbocycles. The second-order valence-corrected chi connectivity index (χ2v) is 2.91. The third kappa shape index (κ3) is 1.81. The van der Waals surface area contributed by atoms with Gasteiger partial charge in [-0.25, -0.2) is 9.37 Å². The molecule has 0 radical (unpaired) electrons. The molecular weight excluding hydrogens is 193 g/mol. The lowest BCUT2D eigenvalue weighted by Crippen LogP contribution is -1.90. The lowest BCUT2D eigenvalue weighted by atomic mass is 10.1. The Bertz CT molecular complexity index is 517. The minimum absolute atomic E-state index is 0.192. The van der Waals surface area contributed by atoms with Gasteiger partial charge < -0.3 is 0 Å². The predicted octanol–water partition coefficient (Wildman–Crippen LogP) is 2.15. The fraction of sp³-hybridized carbons (Fsp3) is 0. The molecule has 4 heteroatoms. The summed E-state index contributed by atoms with van der Waals surface area (Å²) in [6.45, 7) is 0. The van der Waals surface area contributed by atoms with Gasteiger partial charge in [-0.05, 0) is 12.1 Å². The molecule has 15 heavy (non-hydrogen) atoms. The molecule has 0 amide bonds. The van der Waals surface area contributed by atoms with Crippen molar-refractivity contribution < 1.29 is 4.39 Å². The van der Waals surface area contributed by atoms with Gasteiger partial charge in [0.2, 0.25) is 0 Å². The molecule has 0 spiro atoms. The summed E-state index contributed by atoms with van der Waals surface area (Å²) in [4.78, 5) is 7.63. The summed E-state index contributed by atoms with van der Waals surface area (Å²) in [6.07, 6.45) is 4.71. The van der Waals surface area contributed by atoms with Crippen LogP contribution in [0.2, 0.25) is 0 Å². The van der Waals surface area contributed by atoms with E-state index in [4.69, 9.17) is 5.26 Å². The van der Waals surface area contributed by atoms with E-state index in [1.165, 1.54) is 12.3 Å². The summed E-state index contributed by atoms with van der Waals surface area (Å²) < 4.78 is 13.2. The zero-order chi connectivity index (χ0) is 10.7. The van der Waals surface area contributed by atoms with Crippen molar-refractivity contribution in [2.75, 3.05) is 0 Å². The average Bonchev–Trinajstić information content (AvgIpc) is 2.30. The first-order chi connectivity index (χ1) is 7.31. The van der Waals surface area contributed by atoms with E-state index in [1.54, 1.807) is 30.6 Å². The highest BCUT2D eigenvalue weighted by molar-refractivity contribution is 5.61. The third-order valence-corrected chi connectivity index (χ3v) is 1.94. The van der Waals surface area contributed by atoms with Gasteiger partial charge in [-0.15, -0.1) is 0 Å². The Morgan fingerprint density at radius 1 is 1.27 bits per heavy atom. The van der Waals surface area contributed by atoms with Crippen LogP contribution in [0.4, 0.5) is 4.39 Å². The molecular formula is C11H6FN3. The molecule has 2 aromatic heterocycles. The Kier molecular flexibility index (Phi) is 2.38. The van der Waals surface area contributed by atoms with E-state index in [-0.39, 0.29) is 5.69 Å². The van der Waals surface area contributed by atoms with Crippen molar-refractivity contribution in [2.24, 2.45) is 0 Å².